The molecule has 0 aromatic heterocycles. The van der Waals surface area contributed by atoms with Gasteiger partial charge in [0, 0.05) is 25.9 Å². The van der Waals surface area contributed by atoms with E-state index in [9.17, 15) is 19.5 Å². The topological polar surface area (TPSA) is 90.3 Å². The van der Waals surface area contributed by atoms with Crippen molar-refractivity contribution in [2.24, 2.45) is 16.9 Å². The van der Waals surface area contributed by atoms with Crippen LogP contribution in [0.1, 0.15) is 31.7 Å². The third kappa shape index (κ3) is 3.92. The fraction of sp³-hybridized carbons (Fsp3) is 0.474. The van der Waals surface area contributed by atoms with Crippen LogP contribution in [-0.2, 0) is 20.9 Å². The van der Waals surface area contributed by atoms with Gasteiger partial charge < -0.3 is 10.0 Å². The van der Waals surface area contributed by atoms with Crippen molar-refractivity contribution in [2.75, 3.05) is 13.1 Å². The minimum atomic E-state index is -0.806. The summed E-state index contributed by atoms with van der Waals surface area (Å²) in [6.07, 6.45) is 1.04. The van der Waals surface area contributed by atoms with E-state index in [2.05, 4.69) is 5.10 Å². The van der Waals surface area contributed by atoms with E-state index in [1.54, 1.807) is 4.90 Å². The fourth-order valence-electron chi connectivity index (χ4n) is 3.51. The zero-order valence-electron chi connectivity index (χ0n) is 14.8. The van der Waals surface area contributed by atoms with Crippen molar-refractivity contribution in [1.82, 2.24) is 9.91 Å². The number of carboxylic acid groups (broad SMARTS) is 1. The molecule has 7 heteroatoms. The lowest BCUT2D eigenvalue weighted by Crippen LogP contribution is -2.48. The Morgan fingerprint density at radius 3 is 2.62 bits per heavy atom. The van der Waals surface area contributed by atoms with Crippen LogP contribution in [0, 0.1) is 11.8 Å². The Hall–Kier alpha value is -2.70. The molecule has 1 fully saturated rings. The van der Waals surface area contributed by atoms with Crippen LogP contribution in [0.4, 0.5) is 0 Å². The molecule has 2 aliphatic heterocycles. The predicted molar refractivity (Wildman–Crippen MR) is 95.1 cm³/mol. The zero-order valence-corrected chi connectivity index (χ0v) is 14.8. The number of hydrogen-bond acceptors (Lipinski definition) is 4. The van der Waals surface area contributed by atoms with Gasteiger partial charge in [-0.3, -0.25) is 14.4 Å². The monoisotopic (exact) mass is 357 g/mol. The molecular weight excluding hydrogens is 334 g/mol. The molecule has 0 aliphatic carbocycles. The lowest BCUT2D eigenvalue weighted by molar-refractivity contribution is -0.147. The Morgan fingerprint density at radius 2 is 1.96 bits per heavy atom. The van der Waals surface area contributed by atoms with Crippen LogP contribution >= 0.6 is 0 Å². The Kier molecular flexibility index (Phi) is 5.35. The van der Waals surface area contributed by atoms with Gasteiger partial charge in [0.25, 0.3) is 5.91 Å². The molecular formula is C19H23N3O4. The minimum Gasteiger partial charge on any atom is -0.481 e. The number of piperidine rings is 1. The summed E-state index contributed by atoms with van der Waals surface area (Å²) in [6.45, 7) is 3.01. The molecule has 2 amide bonds. The molecule has 0 bridgehead atoms. The predicted octanol–water partition coefficient (Wildman–Crippen LogP) is 1.73. The van der Waals surface area contributed by atoms with Gasteiger partial charge in [0.2, 0.25) is 5.91 Å². The van der Waals surface area contributed by atoms with Gasteiger partial charge in [-0.1, -0.05) is 37.3 Å². The lowest BCUT2D eigenvalue weighted by atomic mass is 9.87. The third-order valence-electron chi connectivity index (χ3n) is 5.04. The molecule has 1 aromatic rings. The zero-order chi connectivity index (χ0) is 18.7. The van der Waals surface area contributed by atoms with Gasteiger partial charge in [-0.2, -0.15) is 5.10 Å². The fourth-order valence-corrected chi connectivity index (χ4v) is 3.51. The number of carboxylic acids is 1. The van der Waals surface area contributed by atoms with Crippen molar-refractivity contribution in [3.8, 4) is 0 Å². The molecule has 26 heavy (non-hydrogen) atoms. The molecule has 138 valence electrons. The number of carbonyl (C=O) groups is 3. The number of hydrazone groups is 1. The van der Waals surface area contributed by atoms with Gasteiger partial charge in [0.15, 0.2) is 0 Å². The van der Waals surface area contributed by atoms with E-state index in [-0.39, 0.29) is 24.2 Å². The summed E-state index contributed by atoms with van der Waals surface area (Å²) in [5.74, 6) is -1.60. The highest BCUT2D eigenvalue weighted by atomic mass is 16.4. The van der Waals surface area contributed by atoms with E-state index in [0.717, 1.165) is 5.56 Å². The number of carbonyl (C=O) groups excluding carboxylic acids is 2. The van der Waals surface area contributed by atoms with Gasteiger partial charge in [0.05, 0.1) is 12.5 Å². The number of aliphatic carboxylic acids is 1. The van der Waals surface area contributed by atoms with Gasteiger partial charge in [-0.25, -0.2) is 5.01 Å². The number of benzene rings is 1. The lowest BCUT2D eigenvalue weighted by Gasteiger charge is -2.35. The van der Waals surface area contributed by atoms with Crippen molar-refractivity contribution >= 4 is 23.5 Å². The molecule has 1 aromatic carbocycles. The molecule has 3 rings (SSSR count). The highest BCUT2D eigenvalue weighted by molar-refractivity contribution is 6.39. The van der Waals surface area contributed by atoms with Crippen molar-refractivity contribution in [3.63, 3.8) is 0 Å². The molecule has 2 atom stereocenters. The highest BCUT2D eigenvalue weighted by Crippen LogP contribution is 2.24. The summed E-state index contributed by atoms with van der Waals surface area (Å²) in [5, 5.41) is 14.9. The summed E-state index contributed by atoms with van der Waals surface area (Å²) in [5.41, 5.74) is 1.33. The van der Waals surface area contributed by atoms with Gasteiger partial charge in [0.1, 0.15) is 5.71 Å². The van der Waals surface area contributed by atoms with Gasteiger partial charge >= 0.3 is 5.97 Å². The first-order chi connectivity index (χ1) is 12.5. The van der Waals surface area contributed by atoms with Crippen LogP contribution in [-0.4, -0.2) is 51.6 Å². The van der Waals surface area contributed by atoms with Crippen LogP contribution in [0.3, 0.4) is 0 Å². The molecule has 0 saturated carbocycles. The number of amides is 2. The number of nitrogens with zero attached hydrogens (tertiary/aromatic N) is 3. The average molecular weight is 357 g/mol. The number of hydrogen-bond donors (Lipinski definition) is 1. The van der Waals surface area contributed by atoms with E-state index >= 15 is 0 Å². The number of rotatable bonds is 4. The molecule has 2 unspecified atom stereocenters. The minimum absolute atomic E-state index is 0.0941. The smallest absolute Gasteiger partial charge is 0.306 e. The largest absolute Gasteiger partial charge is 0.481 e. The molecule has 7 nitrogen and oxygen atoms in total. The normalized spacial score (nSPS) is 23.6. The van der Waals surface area contributed by atoms with Gasteiger partial charge in [-0.05, 0) is 17.9 Å². The van der Waals surface area contributed by atoms with Crippen molar-refractivity contribution in [1.29, 1.82) is 0 Å². The first-order valence-electron chi connectivity index (χ1n) is 8.89. The SMILES string of the molecule is CC1CN(C(=O)C2=NN(Cc3ccccc3)C(=O)CC2)CCC1C(=O)O. The Bertz CT molecular complexity index is 732. The highest BCUT2D eigenvalue weighted by Gasteiger charge is 2.35. The van der Waals surface area contributed by atoms with Crippen LogP contribution in [0.15, 0.2) is 35.4 Å². The van der Waals surface area contributed by atoms with Crippen LogP contribution in [0.2, 0.25) is 0 Å². The first kappa shape index (κ1) is 18.1. The summed E-state index contributed by atoms with van der Waals surface area (Å²) >= 11 is 0. The molecule has 1 saturated heterocycles. The van der Waals surface area contributed by atoms with E-state index in [4.69, 9.17) is 0 Å². The van der Waals surface area contributed by atoms with Crippen molar-refractivity contribution < 1.29 is 19.5 Å². The second-order valence-corrected chi connectivity index (χ2v) is 6.95. The standard InChI is InChI=1S/C19H23N3O4/c1-13-11-21(10-9-15(13)19(25)26)18(24)16-7-8-17(23)22(20-16)12-14-5-3-2-4-6-14/h2-6,13,15H,7-12H2,1H3,(H,25,26). The quantitative estimate of drug-likeness (QED) is 0.889. The molecule has 0 radical (unpaired) electrons. The first-order valence-corrected chi connectivity index (χ1v) is 8.89. The van der Waals surface area contributed by atoms with Crippen LogP contribution in [0.5, 0.6) is 0 Å². The Labute approximate surface area is 152 Å². The second-order valence-electron chi connectivity index (χ2n) is 6.95. The van der Waals surface area contributed by atoms with Crippen molar-refractivity contribution in [2.45, 2.75) is 32.7 Å². The molecule has 2 heterocycles. The molecule has 1 N–H and O–H groups in total. The summed E-state index contributed by atoms with van der Waals surface area (Å²) in [4.78, 5) is 37.8. The summed E-state index contributed by atoms with van der Waals surface area (Å²) in [6, 6.07) is 9.53. The molecule has 2 aliphatic rings. The summed E-state index contributed by atoms with van der Waals surface area (Å²) in [7, 11) is 0. The average Bonchev–Trinajstić information content (AvgIpc) is 2.63. The summed E-state index contributed by atoms with van der Waals surface area (Å²) < 4.78 is 0. The maximum atomic E-state index is 12.8. The Balaban J connectivity index is 1.69. The maximum Gasteiger partial charge on any atom is 0.306 e. The van der Waals surface area contributed by atoms with Gasteiger partial charge in [-0.15, -0.1) is 0 Å². The van der Waals surface area contributed by atoms with Crippen molar-refractivity contribution in [3.05, 3.63) is 35.9 Å². The van der Waals surface area contributed by atoms with E-state index < -0.39 is 11.9 Å². The van der Waals surface area contributed by atoms with E-state index in [1.165, 1.54) is 5.01 Å². The van der Waals surface area contributed by atoms with Crippen LogP contribution < -0.4 is 0 Å². The Morgan fingerprint density at radius 1 is 1.23 bits per heavy atom. The number of likely N-dealkylation sites (tertiary alicyclic amines) is 1. The van der Waals surface area contributed by atoms with E-state index in [0.29, 0.717) is 38.2 Å². The maximum absolute atomic E-state index is 12.8. The second kappa shape index (κ2) is 7.68. The third-order valence-corrected chi connectivity index (χ3v) is 5.04. The van der Waals surface area contributed by atoms with Crippen LogP contribution in [0.25, 0.3) is 0 Å². The van der Waals surface area contributed by atoms with E-state index in [1.807, 2.05) is 37.3 Å². The molecule has 0 spiro atoms.